The van der Waals surface area contributed by atoms with Crippen molar-refractivity contribution in [1.29, 1.82) is 0 Å². The fourth-order valence-corrected chi connectivity index (χ4v) is 5.74. The molecule has 1 aliphatic carbocycles. The summed E-state index contributed by atoms with van der Waals surface area (Å²) in [7, 11) is 1.74. The number of rotatable bonds is 16. The molecule has 2 heterocycles. The van der Waals surface area contributed by atoms with E-state index in [1.165, 1.54) is 0 Å². The number of nitrogens with zero attached hydrogens (tertiary/aromatic N) is 3. The summed E-state index contributed by atoms with van der Waals surface area (Å²) in [6.07, 6.45) is 7.05. The van der Waals surface area contributed by atoms with E-state index in [4.69, 9.17) is 15.2 Å². The van der Waals surface area contributed by atoms with Gasteiger partial charge in [-0.2, -0.15) is 0 Å². The lowest BCUT2D eigenvalue weighted by Gasteiger charge is -2.41. The van der Waals surface area contributed by atoms with Gasteiger partial charge < -0.3 is 30.7 Å². The highest BCUT2D eigenvalue weighted by Gasteiger charge is 2.34. The van der Waals surface area contributed by atoms with E-state index in [1.54, 1.807) is 7.11 Å². The van der Waals surface area contributed by atoms with Gasteiger partial charge in [0.25, 0.3) is 0 Å². The molecule has 3 fully saturated rings. The number of carbonyl (C=O) groups excluding carboxylic acids is 1. The maximum Gasteiger partial charge on any atom is 0.234 e. The fourth-order valence-electron chi connectivity index (χ4n) is 5.74. The second-order valence-electron chi connectivity index (χ2n) is 11.4. The van der Waals surface area contributed by atoms with Gasteiger partial charge in [0.1, 0.15) is 0 Å². The first-order valence-electron chi connectivity index (χ1n) is 17.5. The number of ether oxygens (including phenoxy) is 2. The molecule has 0 bridgehead atoms. The highest BCUT2D eigenvalue weighted by Crippen LogP contribution is 2.27. The largest absolute Gasteiger partial charge is 0.383 e. The first-order chi connectivity index (χ1) is 20.4. The predicted molar refractivity (Wildman–Crippen MR) is 179 cm³/mol. The number of amides is 1. The predicted octanol–water partition coefficient (Wildman–Crippen LogP) is 3.81. The molecule has 1 saturated carbocycles. The molecular weight excluding hydrogens is 528 g/mol. The number of nitrogens with two attached hydrogens (primary N) is 1. The lowest BCUT2D eigenvalue weighted by Crippen LogP contribution is -2.54. The molecule has 0 aromatic heterocycles. The van der Waals surface area contributed by atoms with Crippen LogP contribution in [0.1, 0.15) is 93.9 Å². The average molecular weight is 601 g/mol. The van der Waals surface area contributed by atoms with Crippen LogP contribution in [0.5, 0.6) is 0 Å². The minimum atomic E-state index is 0.159. The van der Waals surface area contributed by atoms with E-state index in [0.717, 1.165) is 111 Å². The summed E-state index contributed by atoms with van der Waals surface area (Å²) in [5, 5.41) is 6.65. The monoisotopic (exact) mass is 601 g/mol. The van der Waals surface area contributed by atoms with Gasteiger partial charge in [0.15, 0.2) is 0 Å². The molecule has 2 aliphatic heterocycles. The van der Waals surface area contributed by atoms with Gasteiger partial charge in [0.2, 0.25) is 5.91 Å². The molecule has 9 heteroatoms. The Morgan fingerprint density at radius 1 is 0.905 bits per heavy atom. The van der Waals surface area contributed by atoms with E-state index in [9.17, 15) is 4.79 Å². The van der Waals surface area contributed by atoms with Gasteiger partial charge >= 0.3 is 0 Å². The molecule has 0 aromatic rings. The number of methoxy groups -OCH3 is 1. The van der Waals surface area contributed by atoms with Crippen molar-refractivity contribution in [2.45, 2.75) is 118 Å². The zero-order valence-corrected chi connectivity index (χ0v) is 29.3. The Morgan fingerprint density at radius 2 is 1.50 bits per heavy atom. The molecule has 3 rings (SSSR count). The van der Waals surface area contributed by atoms with Crippen molar-refractivity contribution in [2.75, 3.05) is 85.7 Å². The van der Waals surface area contributed by atoms with Crippen molar-refractivity contribution in [1.82, 2.24) is 25.3 Å². The van der Waals surface area contributed by atoms with Crippen LogP contribution < -0.4 is 16.4 Å². The van der Waals surface area contributed by atoms with Gasteiger partial charge in [-0.05, 0) is 51.0 Å². The molecule has 3 aliphatic rings. The van der Waals surface area contributed by atoms with E-state index in [2.05, 4.69) is 39.2 Å². The van der Waals surface area contributed by atoms with Gasteiger partial charge in [-0.3, -0.25) is 14.6 Å². The Hall–Kier alpha value is -0.810. The van der Waals surface area contributed by atoms with Crippen molar-refractivity contribution in [3.05, 3.63) is 0 Å². The number of hydrogen-bond acceptors (Lipinski definition) is 8. The van der Waals surface area contributed by atoms with Crippen LogP contribution in [0.3, 0.4) is 0 Å². The third-order valence-electron chi connectivity index (χ3n) is 7.93. The first-order valence-corrected chi connectivity index (χ1v) is 17.5. The van der Waals surface area contributed by atoms with Crippen LogP contribution in [0.25, 0.3) is 0 Å². The Bertz CT molecular complexity index is 607. The Morgan fingerprint density at radius 3 is 2.07 bits per heavy atom. The average Bonchev–Trinajstić information content (AvgIpc) is 2.99. The van der Waals surface area contributed by atoms with Crippen molar-refractivity contribution in [2.24, 2.45) is 11.7 Å². The number of hydrogen-bond donors (Lipinski definition) is 3. The molecule has 4 N–H and O–H groups in total. The molecule has 0 spiro atoms. The van der Waals surface area contributed by atoms with Gasteiger partial charge in [-0.15, -0.1) is 0 Å². The summed E-state index contributed by atoms with van der Waals surface area (Å²) in [4.78, 5) is 19.7. The maximum absolute atomic E-state index is 12.5. The normalized spacial score (nSPS) is 23.1. The number of likely N-dealkylation sites (tertiary alicyclic amines) is 1. The maximum atomic E-state index is 12.5. The van der Waals surface area contributed by atoms with Crippen LogP contribution in [-0.2, 0) is 14.3 Å². The third-order valence-corrected chi connectivity index (χ3v) is 7.93. The van der Waals surface area contributed by atoms with E-state index in [-0.39, 0.29) is 18.0 Å². The summed E-state index contributed by atoms with van der Waals surface area (Å²) >= 11 is 0. The summed E-state index contributed by atoms with van der Waals surface area (Å²) in [5.41, 5.74) is 6.29. The lowest BCUT2D eigenvalue weighted by atomic mass is 9.88. The topological polar surface area (TPSA) is 95.3 Å². The van der Waals surface area contributed by atoms with Crippen molar-refractivity contribution in [3.63, 3.8) is 0 Å². The smallest absolute Gasteiger partial charge is 0.234 e. The minimum Gasteiger partial charge on any atom is -0.383 e. The zero-order chi connectivity index (χ0) is 31.8. The molecule has 0 radical (unpaired) electrons. The molecule has 1 amide bonds. The molecule has 2 unspecified atom stereocenters. The minimum absolute atomic E-state index is 0.159. The van der Waals surface area contributed by atoms with E-state index >= 15 is 0 Å². The van der Waals surface area contributed by atoms with Crippen molar-refractivity contribution < 1.29 is 14.3 Å². The molecule has 252 valence electrons. The van der Waals surface area contributed by atoms with Crippen LogP contribution >= 0.6 is 0 Å². The van der Waals surface area contributed by atoms with Gasteiger partial charge in [0, 0.05) is 78.1 Å². The highest BCUT2D eigenvalue weighted by atomic mass is 16.5. The Balaban J connectivity index is 0.00000263. The van der Waals surface area contributed by atoms with Crippen molar-refractivity contribution >= 4 is 5.91 Å². The molecular formula is C33H72N6O3. The van der Waals surface area contributed by atoms with Gasteiger partial charge in [-0.25, -0.2) is 0 Å². The summed E-state index contributed by atoms with van der Waals surface area (Å²) in [6.45, 7) is 28.0. The summed E-state index contributed by atoms with van der Waals surface area (Å²) in [5.74, 6) is 0.781. The first kappa shape index (κ1) is 41.2. The highest BCUT2D eigenvalue weighted by molar-refractivity contribution is 5.78. The molecule has 9 nitrogen and oxygen atoms in total. The van der Waals surface area contributed by atoms with Crippen LogP contribution in [0.4, 0.5) is 0 Å². The van der Waals surface area contributed by atoms with Crippen molar-refractivity contribution in [3.8, 4) is 0 Å². The second-order valence-corrected chi connectivity index (χ2v) is 11.4. The van der Waals surface area contributed by atoms with Crippen LogP contribution in [-0.4, -0.2) is 131 Å². The number of nitrogens with one attached hydrogen (secondary N) is 2. The second kappa shape index (κ2) is 26.6. The molecule has 0 aromatic carbocycles. The summed E-state index contributed by atoms with van der Waals surface area (Å²) in [6, 6.07) is 0.526. The van der Waals surface area contributed by atoms with E-state index in [0.29, 0.717) is 24.7 Å². The lowest BCUT2D eigenvalue weighted by molar-refractivity contribution is -0.127. The Kier molecular flexibility index (Phi) is 26.1. The Labute approximate surface area is 261 Å². The fraction of sp³-hybridized carbons (Fsp3) is 0.970. The number of piperidine rings is 1. The van der Waals surface area contributed by atoms with E-state index in [1.807, 2.05) is 41.5 Å². The zero-order valence-electron chi connectivity index (χ0n) is 29.3. The van der Waals surface area contributed by atoms with Crippen LogP contribution in [0.15, 0.2) is 0 Å². The van der Waals surface area contributed by atoms with E-state index < -0.39 is 0 Å². The third kappa shape index (κ3) is 18.1. The molecule has 2 saturated heterocycles. The standard InChI is InChI=1S/C27H54N6O3.3C2H6/c1-4-7-29-19-23(28)16-22(2)20-32-8-5-25(6-9-32)36-26-17-24(18-26)30-27(34)21-33-12-10-31(11-13-33)14-15-35-3;3*1-2/h22-26,29H,4-21,28H2,1-3H3,(H,30,34);3*1-2H3. The molecule has 42 heavy (non-hydrogen) atoms. The van der Waals surface area contributed by atoms with Crippen LogP contribution in [0.2, 0.25) is 0 Å². The number of piperazine rings is 1. The molecule has 2 atom stereocenters. The SMILES string of the molecule is CC.CC.CC.CCCNCC(N)CC(C)CN1CCC(OC2CC(NC(=O)CN3CCN(CCOC)CC3)C2)CC1. The number of carbonyl (C=O) groups is 1. The van der Waals surface area contributed by atoms with Crippen LogP contribution in [0, 0.1) is 5.92 Å². The van der Waals surface area contributed by atoms with Gasteiger partial charge in [0.05, 0.1) is 25.4 Å². The van der Waals surface area contributed by atoms with Gasteiger partial charge in [-0.1, -0.05) is 55.4 Å². The summed E-state index contributed by atoms with van der Waals surface area (Å²) < 4.78 is 11.5. The quantitative estimate of drug-likeness (QED) is 0.230.